The number of hydrogen-bond acceptors (Lipinski definition) is 4. The number of nitrogens with zero attached hydrogens (tertiary/aromatic N) is 2. The molecule has 0 atom stereocenters. The Hall–Kier alpha value is -2.50. The van der Waals surface area contributed by atoms with E-state index in [1.807, 2.05) is 30.3 Å². The zero-order valence-corrected chi connectivity index (χ0v) is 10.1. The first-order valence-electron chi connectivity index (χ1n) is 5.76. The monoisotopic (exact) mass is 260 g/mol. The van der Waals surface area contributed by atoms with E-state index in [2.05, 4.69) is 20.6 Å². The topological polar surface area (TPSA) is 66.9 Å². The molecule has 0 aliphatic heterocycles. The number of hydrogen-bond donors (Lipinski definition) is 2. The maximum absolute atomic E-state index is 12.6. The Morgan fingerprint density at radius 3 is 2.53 bits per heavy atom. The van der Waals surface area contributed by atoms with Gasteiger partial charge in [0, 0.05) is 6.54 Å². The molecule has 1 heterocycles. The second-order valence-corrected chi connectivity index (χ2v) is 3.84. The summed E-state index contributed by atoms with van der Waals surface area (Å²) in [5.41, 5.74) is 1.02. The van der Waals surface area contributed by atoms with Crippen LogP contribution in [-0.2, 0) is 11.3 Å². The fraction of sp³-hybridized carbons (Fsp3) is 0.154. The summed E-state index contributed by atoms with van der Waals surface area (Å²) in [6.45, 7) is 0.504. The quantitative estimate of drug-likeness (QED) is 0.851. The molecule has 0 spiro atoms. The summed E-state index contributed by atoms with van der Waals surface area (Å²) in [5, 5.41) is 5.46. The lowest BCUT2D eigenvalue weighted by molar-refractivity contribution is -0.119. The number of benzene rings is 1. The maximum atomic E-state index is 12.6. The number of carbonyl (C=O) groups is 1. The number of halogens is 1. The summed E-state index contributed by atoms with van der Waals surface area (Å²) in [5.74, 6) is -0.480. The molecule has 1 aromatic heterocycles. The zero-order valence-electron chi connectivity index (χ0n) is 10.1. The number of carbonyl (C=O) groups excluding carboxylic acids is 1. The Bertz CT molecular complexity index is 530. The first-order chi connectivity index (χ1) is 9.24. The highest BCUT2D eigenvalue weighted by atomic mass is 19.1. The molecule has 2 N–H and O–H groups in total. The van der Waals surface area contributed by atoms with Gasteiger partial charge in [0.1, 0.15) is 0 Å². The van der Waals surface area contributed by atoms with Crippen LogP contribution >= 0.6 is 0 Å². The molecular formula is C13H13FN4O. The minimum atomic E-state index is -0.515. The summed E-state index contributed by atoms with van der Waals surface area (Å²) in [7, 11) is 0. The van der Waals surface area contributed by atoms with Gasteiger partial charge >= 0.3 is 0 Å². The molecule has 5 nitrogen and oxygen atoms in total. The number of nitrogens with one attached hydrogen (secondary N) is 2. The minimum Gasteiger partial charge on any atom is -0.350 e. The van der Waals surface area contributed by atoms with E-state index in [9.17, 15) is 9.18 Å². The van der Waals surface area contributed by atoms with Gasteiger partial charge in [-0.25, -0.2) is 14.4 Å². The van der Waals surface area contributed by atoms with Crippen molar-refractivity contribution >= 4 is 11.9 Å². The van der Waals surface area contributed by atoms with Crippen LogP contribution in [0.25, 0.3) is 0 Å². The highest BCUT2D eigenvalue weighted by Crippen LogP contribution is 1.98. The van der Waals surface area contributed by atoms with Crippen molar-refractivity contribution in [2.45, 2.75) is 6.54 Å². The van der Waals surface area contributed by atoms with Crippen LogP contribution in [0.3, 0.4) is 0 Å². The molecule has 98 valence electrons. The average molecular weight is 260 g/mol. The van der Waals surface area contributed by atoms with Gasteiger partial charge in [-0.15, -0.1) is 0 Å². The molecule has 0 radical (unpaired) electrons. The molecule has 0 saturated carbocycles. The van der Waals surface area contributed by atoms with Gasteiger partial charge in [0.15, 0.2) is 5.82 Å². The van der Waals surface area contributed by atoms with Gasteiger partial charge in [-0.2, -0.15) is 0 Å². The molecule has 19 heavy (non-hydrogen) atoms. The van der Waals surface area contributed by atoms with Gasteiger partial charge < -0.3 is 10.6 Å². The molecule has 2 rings (SSSR count). The maximum Gasteiger partial charge on any atom is 0.239 e. The van der Waals surface area contributed by atoms with Crippen LogP contribution in [0.5, 0.6) is 0 Å². The van der Waals surface area contributed by atoms with Gasteiger partial charge in [0.2, 0.25) is 11.9 Å². The van der Waals surface area contributed by atoms with E-state index in [0.717, 1.165) is 18.0 Å². The Morgan fingerprint density at radius 2 is 1.84 bits per heavy atom. The molecule has 0 aliphatic rings. The predicted molar refractivity (Wildman–Crippen MR) is 68.8 cm³/mol. The molecule has 1 aromatic carbocycles. The van der Waals surface area contributed by atoms with Crippen molar-refractivity contribution in [2.75, 3.05) is 11.9 Å². The van der Waals surface area contributed by atoms with Crippen molar-refractivity contribution in [2.24, 2.45) is 0 Å². The van der Waals surface area contributed by atoms with Gasteiger partial charge in [-0.05, 0) is 5.56 Å². The SMILES string of the molecule is O=C(CNc1ncc(F)cn1)NCc1ccccc1. The Kier molecular flexibility index (Phi) is 4.39. The van der Waals surface area contributed by atoms with Crippen LogP contribution in [-0.4, -0.2) is 22.4 Å². The fourth-order valence-electron chi connectivity index (χ4n) is 1.42. The fourth-order valence-corrected chi connectivity index (χ4v) is 1.42. The first kappa shape index (κ1) is 12.9. The Labute approximate surface area is 109 Å². The summed E-state index contributed by atoms with van der Waals surface area (Å²) >= 11 is 0. The average Bonchev–Trinajstić information content (AvgIpc) is 2.45. The second kappa shape index (κ2) is 6.44. The minimum absolute atomic E-state index is 0.0401. The third-order valence-corrected chi connectivity index (χ3v) is 2.36. The van der Waals surface area contributed by atoms with Crippen LogP contribution in [0.1, 0.15) is 5.56 Å². The number of aromatic nitrogens is 2. The summed E-state index contributed by atoms with van der Waals surface area (Å²) in [6.07, 6.45) is 2.08. The van der Waals surface area contributed by atoms with Crippen LogP contribution in [0.15, 0.2) is 42.7 Å². The van der Waals surface area contributed by atoms with Crippen molar-refractivity contribution < 1.29 is 9.18 Å². The van der Waals surface area contributed by atoms with Gasteiger partial charge in [0.25, 0.3) is 0 Å². The van der Waals surface area contributed by atoms with Crippen molar-refractivity contribution in [1.29, 1.82) is 0 Å². The van der Waals surface area contributed by atoms with Crippen molar-refractivity contribution in [3.63, 3.8) is 0 Å². The number of anilines is 1. The smallest absolute Gasteiger partial charge is 0.239 e. The number of amides is 1. The predicted octanol–water partition coefficient (Wildman–Crippen LogP) is 1.34. The van der Waals surface area contributed by atoms with E-state index < -0.39 is 5.82 Å². The first-order valence-corrected chi connectivity index (χ1v) is 5.76. The standard InChI is InChI=1S/C13H13FN4O/c14-11-7-16-13(17-8-11)18-9-12(19)15-6-10-4-2-1-3-5-10/h1-5,7-8H,6,9H2,(H,15,19)(H,16,17,18). The third kappa shape index (κ3) is 4.34. The van der Waals surface area contributed by atoms with E-state index in [-0.39, 0.29) is 18.4 Å². The summed E-state index contributed by atoms with van der Waals surface area (Å²) < 4.78 is 12.6. The molecule has 0 bridgehead atoms. The van der Waals surface area contributed by atoms with Crippen LogP contribution < -0.4 is 10.6 Å². The normalized spacial score (nSPS) is 9.95. The van der Waals surface area contributed by atoms with E-state index in [0.29, 0.717) is 6.54 Å². The van der Waals surface area contributed by atoms with Crippen molar-refractivity contribution in [1.82, 2.24) is 15.3 Å². The van der Waals surface area contributed by atoms with Crippen LogP contribution in [0.2, 0.25) is 0 Å². The zero-order chi connectivity index (χ0) is 13.5. The van der Waals surface area contributed by atoms with E-state index >= 15 is 0 Å². The molecule has 2 aromatic rings. The second-order valence-electron chi connectivity index (χ2n) is 3.84. The molecular weight excluding hydrogens is 247 g/mol. The molecule has 0 unspecified atom stereocenters. The lowest BCUT2D eigenvalue weighted by atomic mass is 10.2. The van der Waals surface area contributed by atoms with Gasteiger partial charge in [0.05, 0.1) is 18.9 Å². The highest BCUT2D eigenvalue weighted by Gasteiger charge is 2.02. The highest BCUT2D eigenvalue weighted by molar-refractivity contribution is 5.80. The van der Waals surface area contributed by atoms with E-state index in [1.54, 1.807) is 0 Å². The van der Waals surface area contributed by atoms with Crippen LogP contribution in [0.4, 0.5) is 10.3 Å². The molecule has 0 saturated heterocycles. The van der Waals surface area contributed by atoms with Crippen molar-refractivity contribution in [3.8, 4) is 0 Å². The largest absolute Gasteiger partial charge is 0.350 e. The van der Waals surface area contributed by atoms with Gasteiger partial charge in [-0.1, -0.05) is 30.3 Å². The lowest BCUT2D eigenvalue weighted by Crippen LogP contribution is -2.29. The Balaban J connectivity index is 1.74. The summed E-state index contributed by atoms with van der Waals surface area (Å²) in [4.78, 5) is 18.9. The molecule has 0 aliphatic carbocycles. The Morgan fingerprint density at radius 1 is 1.16 bits per heavy atom. The number of rotatable bonds is 5. The summed E-state index contributed by atoms with van der Waals surface area (Å²) in [6, 6.07) is 9.59. The third-order valence-electron chi connectivity index (χ3n) is 2.36. The van der Waals surface area contributed by atoms with E-state index in [1.165, 1.54) is 0 Å². The molecule has 0 fully saturated rings. The van der Waals surface area contributed by atoms with Crippen LogP contribution in [0, 0.1) is 5.82 Å². The molecule has 6 heteroatoms. The van der Waals surface area contributed by atoms with Crippen molar-refractivity contribution in [3.05, 3.63) is 54.1 Å². The van der Waals surface area contributed by atoms with Gasteiger partial charge in [-0.3, -0.25) is 4.79 Å². The molecule has 1 amide bonds. The van der Waals surface area contributed by atoms with E-state index in [4.69, 9.17) is 0 Å². The lowest BCUT2D eigenvalue weighted by Gasteiger charge is -2.06.